The van der Waals surface area contributed by atoms with Crippen molar-refractivity contribution in [3.8, 4) is 0 Å². The smallest absolute Gasteiger partial charge is 0.420 e. The van der Waals surface area contributed by atoms with Gasteiger partial charge in [-0.25, -0.2) is 9.59 Å². The summed E-state index contributed by atoms with van der Waals surface area (Å²) in [6, 6.07) is 11.7. The van der Waals surface area contributed by atoms with E-state index >= 15 is 0 Å². The van der Waals surface area contributed by atoms with E-state index in [0.29, 0.717) is 22.4 Å². The first-order chi connectivity index (χ1) is 12.0. The third-order valence-electron chi connectivity index (χ3n) is 3.81. The second-order valence-corrected chi connectivity index (χ2v) is 5.49. The zero-order chi connectivity index (χ0) is 18.0. The quantitative estimate of drug-likeness (QED) is 0.736. The second kappa shape index (κ2) is 6.64. The molecule has 128 valence electrons. The molecule has 0 atom stereocenters. The van der Waals surface area contributed by atoms with E-state index in [4.69, 9.17) is 4.42 Å². The maximum atomic E-state index is 12.3. The maximum Gasteiger partial charge on any atom is 0.420 e. The van der Waals surface area contributed by atoms with Crippen molar-refractivity contribution in [1.29, 1.82) is 0 Å². The summed E-state index contributed by atoms with van der Waals surface area (Å²) in [5.41, 5.74) is 2.56. The number of esters is 1. The molecular weight excluding hydrogens is 324 g/mol. The largest absolute Gasteiger partial charge is 0.465 e. The monoisotopic (exact) mass is 340 g/mol. The van der Waals surface area contributed by atoms with E-state index in [1.54, 1.807) is 43.3 Å². The van der Waals surface area contributed by atoms with Gasteiger partial charge in [0.1, 0.15) is 6.54 Å². The van der Waals surface area contributed by atoms with Gasteiger partial charge in [0.05, 0.1) is 18.2 Å². The highest BCUT2D eigenvalue weighted by molar-refractivity contribution is 5.95. The molecule has 25 heavy (non-hydrogen) atoms. The van der Waals surface area contributed by atoms with Crippen LogP contribution in [0.5, 0.6) is 0 Å². The molecule has 3 aromatic rings. The molecule has 7 nitrogen and oxygen atoms in total. The fraction of sp³-hybridized carbons (Fsp3) is 0.167. The predicted octanol–water partition coefficient (Wildman–Crippen LogP) is 2.33. The Kier molecular flexibility index (Phi) is 4.38. The molecule has 7 heteroatoms. The highest BCUT2D eigenvalue weighted by Crippen LogP contribution is 2.18. The Morgan fingerprint density at radius 3 is 2.72 bits per heavy atom. The average molecular weight is 340 g/mol. The predicted molar refractivity (Wildman–Crippen MR) is 91.6 cm³/mol. The molecule has 1 N–H and O–H groups in total. The van der Waals surface area contributed by atoms with Crippen LogP contribution < -0.4 is 11.1 Å². The summed E-state index contributed by atoms with van der Waals surface area (Å²) in [6.07, 6.45) is 0. The number of rotatable bonds is 4. The molecule has 0 fully saturated rings. The molecule has 0 radical (unpaired) electrons. The Labute approximate surface area is 142 Å². The summed E-state index contributed by atoms with van der Waals surface area (Å²) >= 11 is 0. The van der Waals surface area contributed by atoms with Gasteiger partial charge in [0, 0.05) is 5.69 Å². The van der Waals surface area contributed by atoms with Crippen molar-refractivity contribution < 1.29 is 18.7 Å². The summed E-state index contributed by atoms with van der Waals surface area (Å²) < 4.78 is 11.0. The fourth-order valence-corrected chi connectivity index (χ4v) is 2.50. The van der Waals surface area contributed by atoms with Crippen LogP contribution in [-0.4, -0.2) is 23.6 Å². The lowest BCUT2D eigenvalue weighted by molar-refractivity contribution is -0.116. The minimum atomic E-state index is -0.601. The Morgan fingerprint density at radius 2 is 1.96 bits per heavy atom. The topological polar surface area (TPSA) is 90.5 Å². The molecule has 0 spiro atoms. The number of fused-ring (bicyclic) bond motifs is 1. The number of methoxy groups -OCH3 is 1. The van der Waals surface area contributed by atoms with Crippen molar-refractivity contribution in [2.45, 2.75) is 13.5 Å². The molecule has 0 aliphatic carbocycles. The van der Waals surface area contributed by atoms with Crippen LogP contribution in [0, 0.1) is 6.92 Å². The fourth-order valence-electron chi connectivity index (χ4n) is 2.50. The number of anilines is 1. The van der Waals surface area contributed by atoms with Crippen LogP contribution in [0.1, 0.15) is 15.9 Å². The normalized spacial score (nSPS) is 10.6. The minimum Gasteiger partial charge on any atom is -0.465 e. The molecule has 0 saturated heterocycles. The number of aryl methyl sites for hydroxylation is 1. The Balaban J connectivity index is 1.84. The van der Waals surface area contributed by atoms with Crippen LogP contribution in [0.15, 0.2) is 51.7 Å². The molecule has 0 aliphatic heterocycles. The molecule has 1 heterocycles. The maximum absolute atomic E-state index is 12.3. The number of ether oxygens (including phenoxy) is 1. The van der Waals surface area contributed by atoms with E-state index in [9.17, 15) is 14.4 Å². The third-order valence-corrected chi connectivity index (χ3v) is 3.81. The molecule has 1 amide bonds. The van der Waals surface area contributed by atoms with Crippen LogP contribution in [0.2, 0.25) is 0 Å². The van der Waals surface area contributed by atoms with E-state index in [1.165, 1.54) is 17.7 Å². The molecule has 0 aliphatic rings. The molecule has 1 aromatic heterocycles. The van der Waals surface area contributed by atoms with Crippen molar-refractivity contribution in [1.82, 2.24) is 4.57 Å². The molecule has 0 saturated carbocycles. The first-order valence-electron chi connectivity index (χ1n) is 7.57. The van der Waals surface area contributed by atoms with Crippen molar-refractivity contribution >= 4 is 28.7 Å². The first-order valence-corrected chi connectivity index (χ1v) is 7.57. The van der Waals surface area contributed by atoms with Crippen molar-refractivity contribution in [3.05, 3.63) is 64.1 Å². The van der Waals surface area contributed by atoms with Crippen LogP contribution in [0.25, 0.3) is 11.1 Å². The number of benzene rings is 2. The number of hydrogen-bond acceptors (Lipinski definition) is 5. The zero-order valence-corrected chi connectivity index (χ0v) is 13.7. The summed E-state index contributed by atoms with van der Waals surface area (Å²) in [6.45, 7) is 1.60. The van der Waals surface area contributed by atoms with Gasteiger partial charge in [-0.15, -0.1) is 0 Å². The summed E-state index contributed by atoms with van der Waals surface area (Å²) in [5, 5.41) is 2.71. The van der Waals surface area contributed by atoms with Gasteiger partial charge in [-0.05, 0) is 36.8 Å². The van der Waals surface area contributed by atoms with E-state index in [0.717, 1.165) is 5.56 Å². The molecule has 0 unspecified atom stereocenters. The van der Waals surface area contributed by atoms with Crippen LogP contribution >= 0.6 is 0 Å². The second-order valence-electron chi connectivity index (χ2n) is 5.49. The van der Waals surface area contributed by atoms with E-state index < -0.39 is 17.6 Å². The molecule has 0 bridgehead atoms. The SMILES string of the molecule is COC(=O)c1ccc(C)c(NC(=O)Cn2c(=O)oc3ccccc32)c1. The molecule has 2 aromatic carbocycles. The van der Waals surface area contributed by atoms with Gasteiger partial charge < -0.3 is 14.5 Å². The first kappa shape index (κ1) is 16.5. The van der Waals surface area contributed by atoms with Gasteiger partial charge in [0.25, 0.3) is 0 Å². The number of hydrogen-bond donors (Lipinski definition) is 1. The van der Waals surface area contributed by atoms with Gasteiger partial charge >= 0.3 is 11.7 Å². The third kappa shape index (κ3) is 3.30. The number of para-hydroxylation sites is 2. The van der Waals surface area contributed by atoms with Crippen molar-refractivity contribution in [2.75, 3.05) is 12.4 Å². The number of nitrogens with one attached hydrogen (secondary N) is 1. The van der Waals surface area contributed by atoms with E-state index in [2.05, 4.69) is 10.1 Å². The zero-order valence-electron chi connectivity index (χ0n) is 13.7. The number of carbonyl (C=O) groups excluding carboxylic acids is 2. The van der Waals surface area contributed by atoms with Crippen LogP contribution in [0.3, 0.4) is 0 Å². The highest BCUT2D eigenvalue weighted by Gasteiger charge is 2.14. The summed E-state index contributed by atoms with van der Waals surface area (Å²) in [4.78, 5) is 35.9. The van der Waals surface area contributed by atoms with E-state index in [-0.39, 0.29) is 6.54 Å². The Bertz CT molecular complexity index is 1020. The van der Waals surface area contributed by atoms with E-state index in [1.807, 2.05) is 0 Å². The Hall–Kier alpha value is -3.35. The average Bonchev–Trinajstić information content (AvgIpc) is 2.92. The number of nitrogens with zero attached hydrogens (tertiary/aromatic N) is 1. The van der Waals surface area contributed by atoms with Crippen LogP contribution in [-0.2, 0) is 16.1 Å². The number of amides is 1. The lowest BCUT2D eigenvalue weighted by Gasteiger charge is -2.10. The minimum absolute atomic E-state index is 0.197. The van der Waals surface area contributed by atoms with Gasteiger partial charge in [0.15, 0.2) is 5.58 Å². The van der Waals surface area contributed by atoms with Gasteiger partial charge in [0.2, 0.25) is 5.91 Å². The van der Waals surface area contributed by atoms with Crippen molar-refractivity contribution in [3.63, 3.8) is 0 Å². The Morgan fingerprint density at radius 1 is 1.20 bits per heavy atom. The van der Waals surface area contributed by atoms with Gasteiger partial charge in [-0.3, -0.25) is 9.36 Å². The molecule has 3 rings (SSSR count). The number of aromatic nitrogens is 1. The standard InChI is InChI=1S/C18H16N2O5/c1-11-7-8-12(17(22)24-2)9-13(11)19-16(21)10-20-14-5-3-4-6-15(14)25-18(20)23/h3-9H,10H2,1-2H3,(H,19,21). The number of carbonyl (C=O) groups is 2. The summed E-state index contributed by atoms with van der Waals surface area (Å²) in [5.74, 6) is -1.50. The molecular formula is C18H16N2O5. The lowest BCUT2D eigenvalue weighted by Crippen LogP contribution is -2.25. The highest BCUT2D eigenvalue weighted by atomic mass is 16.5. The number of oxazole rings is 1. The van der Waals surface area contributed by atoms with Gasteiger partial charge in [-0.1, -0.05) is 18.2 Å². The van der Waals surface area contributed by atoms with Crippen molar-refractivity contribution in [2.24, 2.45) is 0 Å². The van der Waals surface area contributed by atoms with Gasteiger partial charge in [-0.2, -0.15) is 0 Å². The summed E-state index contributed by atoms with van der Waals surface area (Å²) in [7, 11) is 1.29. The van der Waals surface area contributed by atoms with Crippen LogP contribution in [0.4, 0.5) is 5.69 Å². The lowest BCUT2D eigenvalue weighted by atomic mass is 10.1.